The van der Waals surface area contributed by atoms with Crippen molar-refractivity contribution in [2.75, 3.05) is 13.4 Å². The van der Waals surface area contributed by atoms with Crippen molar-refractivity contribution >= 4 is 10.1 Å². The Balaban J connectivity index is 1.98. The Morgan fingerprint density at radius 2 is 1.95 bits per heavy atom. The summed E-state index contributed by atoms with van der Waals surface area (Å²) in [6.07, 6.45) is 2.64. The summed E-state index contributed by atoms with van der Waals surface area (Å²) in [7, 11) is -1.86. The Bertz CT molecular complexity index is 664. The van der Waals surface area contributed by atoms with Crippen LogP contribution in [0.5, 0.6) is 5.75 Å². The molecule has 0 saturated carbocycles. The molecular weight excluding hydrogens is 282 g/mol. The van der Waals surface area contributed by atoms with E-state index in [1.165, 1.54) is 0 Å². The first-order valence-corrected chi connectivity index (χ1v) is 7.64. The number of hydrogen-bond acceptors (Lipinski definition) is 6. The summed E-state index contributed by atoms with van der Waals surface area (Å²) in [6.45, 7) is 0.428. The quantitative estimate of drug-likeness (QED) is 0.734. The molecule has 1 heterocycles. The van der Waals surface area contributed by atoms with Crippen molar-refractivity contribution < 1.29 is 17.3 Å². The Labute approximate surface area is 117 Å². The molecule has 0 aliphatic heterocycles. The number of methoxy groups -OCH3 is 1. The fourth-order valence-corrected chi connectivity index (χ4v) is 1.90. The summed E-state index contributed by atoms with van der Waals surface area (Å²) in [4.78, 5) is 0. The van der Waals surface area contributed by atoms with Crippen LogP contribution in [-0.2, 0) is 27.5 Å². The average Bonchev–Trinajstić information content (AvgIpc) is 2.84. The number of ether oxygens (including phenoxy) is 1. The molecule has 0 aliphatic carbocycles. The van der Waals surface area contributed by atoms with Gasteiger partial charge in [-0.1, -0.05) is 17.3 Å². The van der Waals surface area contributed by atoms with Crippen LogP contribution in [0.3, 0.4) is 0 Å². The third kappa shape index (κ3) is 4.32. The third-order valence-electron chi connectivity index (χ3n) is 2.51. The monoisotopic (exact) mass is 297 g/mol. The van der Waals surface area contributed by atoms with Gasteiger partial charge in [0.05, 0.1) is 26.1 Å². The summed E-state index contributed by atoms with van der Waals surface area (Å²) < 4.78 is 33.1. The zero-order valence-electron chi connectivity index (χ0n) is 11.2. The summed E-state index contributed by atoms with van der Waals surface area (Å²) in [5.41, 5.74) is 1.50. The first kappa shape index (κ1) is 14.5. The van der Waals surface area contributed by atoms with Gasteiger partial charge in [-0.15, -0.1) is 5.10 Å². The van der Waals surface area contributed by atoms with Gasteiger partial charge in [0.2, 0.25) is 0 Å². The minimum atomic E-state index is -3.47. The molecule has 0 saturated heterocycles. The van der Waals surface area contributed by atoms with E-state index in [0.29, 0.717) is 12.2 Å². The second-order valence-electron chi connectivity index (χ2n) is 4.22. The van der Waals surface area contributed by atoms with Gasteiger partial charge in [0.1, 0.15) is 18.1 Å². The van der Waals surface area contributed by atoms with Crippen LogP contribution in [0.25, 0.3) is 0 Å². The minimum Gasteiger partial charge on any atom is -0.497 e. The van der Waals surface area contributed by atoms with E-state index in [0.717, 1.165) is 17.6 Å². The molecule has 0 radical (unpaired) electrons. The standard InChI is InChI=1S/C12H15N3O4S/c1-18-12-5-3-10(4-6-12)7-15-8-11(13-14-15)9-19-20(2,16)17/h3-6,8H,7,9H2,1-2H3. The molecule has 0 amide bonds. The van der Waals surface area contributed by atoms with Gasteiger partial charge in [-0.3, -0.25) is 4.18 Å². The van der Waals surface area contributed by atoms with Crippen LogP contribution in [0, 0.1) is 0 Å². The van der Waals surface area contributed by atoms with Gasteiger partial charge in [0, 0.05) is 0 Å². The van der Waals surface area contributed by atoms with Gasteiger partial charge in [-0.25, -0.2) is 4.68 Å². The molecule has 0 fully saturated rings. The highest BCUT2D eigenvalue weighted by molar-refractivity contribution is 7.85. The molecule has 0 unspecified atom stereocenters. The van der Waals surface area contributed by atoms with E-state index in [4.69, 9.17) is 4.74 Å². The molecule has 20 heavy (non-hydrogen) atoms. The van der Waals surface area contributed by atoms with Crippen LogP contribution < -0.4 is 4.74 Å². The van der Waals surface area contributed by atoms with Crippen LogP contribution in [0.1, 0.15) is 11.3 Å². The van der Waals surface area contributed by atoms with Crippen LogP contribution in [-0.4, -0.2) is 36.8 Å². The number of aromatic nitrogens is 3. The lowest BCUT2D eigenvalue weighted by molar-refractivity contribution is 0.307. The Hall–Kier alpha value is -1.93. The Morgan fingerprint density at radius 3 is 2.55 bits per heavy atom. The first-order valence-electron chi connectivity index (χ1n) is 5.82. The van der Waals surface area contributed by atoms with E-state index in [-0.39, 0.29) is 6.61 Å². The summed E-state index contributed by atoms with van der Waals surface area (Å²) >= 11 is 0. The van der Waals surface area contributed by atoms with Gasteiger partial charge >= 0.3 is 0 Å². The van der Waals surface area contributed by atoms with Crippen molar-refractivity contribution in [3.05, 3.63) is 41.7 Å². The van der Waals surface area contributed by atoms with Crippen LogP contribution >= 0.6 is 0 Å². The van der Waals surface area contributed by atoms with Crippen molar-refractivity contribution in [3.8, 4) is 5.75 Å². The van der Waals surface area contributed by atoms with E-state index in [1.54, 1.807) is 18.0 Å². The number of nitrogens with zero attached hydrogens (tertiary/aromatic N) is 3. The molecule has 0 spiro atoms. The van der Waals surface area contributed by atoms with E-state index in [2.05, 4.69) is 14.5 Å². The summed E-state index contributed by atoms with van der Waals surface area (Å²) in [5, 5.41) is 7.76. The maximum absolute atomic E-state index is 10.9. The van der Waals surface area contributed by atoms with Crippen molar-refractivity contribution in [1.82, 2.24) is 15.0 Å². The lowest BCUT2D eigenvalue weighted by Gasteiger charge is -2.03. The molecule has 0 aliphatic rings. The lowest BCUT2D eigenvalue weighted by Crippen LogP contribution is -2.03. The van der Waals surface area contributed by atoms with Gasteiger partial charge in [-0.2, -0.15) is 8.42 Å². The van der Waals surface area contributed by atoms with Crippen LogP contribution in [0.4, 0.5) is 0 Å². The van der Waals surface area contributed by atoms with Crippen LogP contribution in [0.2, 0.25) is 0 Å². The Kier molecular flexibility index (Phi) is 4.35. The fraction of sp³-hybridized carbons (Fsp3) is 0.333. The smallest absolute Gasteiger partial charge is 0.264 e. The molecule has 108 valence electrons. The normalized spacial score (nSPS) is 11.5. The predicted molar refractivity (Wildman–Crippen MR) is 71.8 cm³/mol. The lowest BCUT2D eigenvalue weighted by atomic mass is 10.2. The van der Waals surface area contributed by atoms with Crippen molar-refractivity contribution in [3.63, 3.8) is 0 Å². The molecule has 0 N–H and O–H groups in total. The first-order chi connectivity index (χ1) is 9.46. The zero-order chi connectivity index (χ0) is 14.6. The summed E-state index contributed by atoms with van der Waals surface area (Å²) in [6, 6.07) is 7.57. The second kappa shape index (κ2) is 6.02. The molecule has 0 atom stereocenters. The topological polar surface area (TPSA) is 83.3 Å². The molecule has 8 heteroatoms. The van der Waals surface area contributed by atoms with E-state index < -0.39 is 10.1 Å². The van der Waals surface area contributed by atoms with Crippen LogP contribution in [0.15, 0.2) is 30.5 Å². The van der Waals surface area contributed by atoms with Gasteiger partial charge in [0.15, 0.2) is 0 Å². The van der Waals surface area contributed by atoms with E-state index >= 15 is 0 Å². The molecule has 0 bridgehead atoms. The maximum atomic E-state index is 10.9. The number of hydrogen-bond donors (Lipinski definition) is 0. The third-order valence-corrected chi connectivity index (χ3v) is 3.06. The van der Waals surface area contributed by atoms with Crippen molar-refractivity contribution in [1.29, 1.82) is 0 Å². The van der Waals surface area contributed by atoms with Crippen molar-refractivity contribution in [2.45, 2.75) is 13.2 Å². The molecule has 7 nitrogen and oxygen atoms in total. The molecule has 2 rings (SSSR count). The highest BCUT2D eigenvalue weighted by Gasteiger charge is 2.06. The molecule has 1 aromatic carbocycles. The van der Waals surface area contributed by atoms with E-state index in [9.17, 15) is 8.42 Å². The van der Waals surface area contributed by atoms with Crippen molar-refractivity contribution in [2.24, 2.45) is 0 Å². The highest BCUT2D eigenvalue weighted by Crippen LogP contribution is 2.12. The van der Waals surface area contributed by atoms with Gasteiger partial charge < -0.3 is 4.74 Å². The van der Waals surface area contributed by atoms with Gasteiger partial charge in [0.25, 0.3) is 10.1 Å². The zero-order valence-corrected chi connectivity index (χ0v) is 12.0. The minimum absolute atomic E-state index is 0.110. The number of benzene rings is 1. The maximum Gasteiger partial charge on any atom is 0.264 e. The molecule has 1 aromatic heterocycles. The second-order valence-corrected chi connectivity index (χ2v) is 5.87. The molecular formula is C12H15N3O4S. The Morgan fingerprint density at radius 1 is 1.25 bits per heavy atom. The summed E-state index contributed by atoms with van der Waals surface area (Å²) in [5.74, 6) is 0.787. The number of rotatable bonds is 6. The average molecular weight is 297 g/mol. The van der Waals surface area contributed by atoms with E-state index in [1.807, 2.05) is 24.3 Å². The fourth-order valence-electron chi connectivity index (χ4n) is 1.57. The molecule has 2 aromatic rings. The predicted octanol–water partition coefficient (Wildman–Crippen LogP) is 0.811. The largest absolute Gasteiger partial charge is 0.497 e. The SMILES string of the molecule is COc1ccc(Cn2cc(COS(C)(=O)=O)nn2)cc1. The van der Waals surface area contributed by atoms with Gasteiger partial charge in [-0.05, 0) is 17.7 Å². The highest BCUT2D eigenvalue weighted by atomic mass is 32.2.